The molecule has 21 heavy (non-hydrogen) atoms. The summed E-state index contributed by atoms with van der Waals surface area (Å²) < 4.78 is 0. The molecule has 1 N–H and O–H groups in total. The van der Waals surface area contributed by atoms with Crippen molar-refractivity contribution < 1.29 is 4.79 Å². The fourth-order valence-electron chi connectivity index (χ4n) is 3.48. The Labute approximate surface area is 131 Å². The van der Waals surface area contributed by atoms with E-state index in [0.717, 1.165) is 6.42 Å². The summed E-state index contributed by atoms with van der Waals surface area (Å²) in [6.45, 7) is 8.74. The summed E-state index contributed by atoms with van der Waals surface area (Å²) in [7, 11) is 0. The SMILES string of the molecule is CCC1CC1N1C(=O)C(CC(C)C)NC1c1ccc(C)s1. The third-order valence-corrected chi connectivity index (χ3v) is 5.75. The number of aryl methyl sites for hydroxylation is 1. The number of carbonyl (C=O) groups excluding carboxylic acids is 1. The Bertz CT molecular complexity index is 525. The Morgan fingerprint density at radius 1 is 1.43 bits per heavy atom. The summed E-state index contributed by atoms with van der Waals surface area (Å²) in [4.78, 5) is 17.6. The molecule has 0 radical (unpaired) electrons. The average molecular weight is 306 g/mol. The molecule has 4 heteroatoms. The summed E-state index contributed by atoms with van der Waals surface area (Å²) in [5.74, 6) is 1.57. The summed E-state index contributed by atoms with van der Waals surface area (Å²) in [6, 6.07) is 4.79. The second kappa shape index (κ2) is 5.73. The minimum atomic E-state index is -0.00416. The fourth-order valence-corrected chi connectivity index (χ4v) is 4.41. The number of thiophene rings is 1. The Balaban J connectivity index is 1.83. The van der Waals surface area contributed by atoms with Crippen LogP contribution in [0.15, 0.2) is 12.1 Å². The number of amides is 1. The molecule has 4 unspecified atom stereocenters. The van der Waals surface area contributed by atoms with Crippen molar-refractivity contribution in [1.29, 1.82) is 0 Å². The van der Waals surface area contributed by atoms with E-state index < -0.39 is 0 Å². The Morgan fingerprint density at radius 2 is 2.19 bits per heavy atom. The Hall–Kier alpha value is -0.870. The van der Waals surface area contributed by atoms with Gasteiger partial charge in [-0.3, -0.25) is 10.1 Å². The van der Waals surface area contributed by atoms with Crippen LogP contribution < -0.4 is 5.32 Å². The molecule has 0 spiro atoms. The van der Waals surface area contributed by atoms with Gasteiger partial charge in [-0.05, 0) is 43.7 Å². The third kappa shape index (κ3) is 2.88. The van der Waals surface area contributed by atoms with E-state index >= 15 is 0 Å². The second-order valence-electron chi connectivity index (χ2n) is 6.92. The van der Waals surface area contributed by atoms with Crippen LogP contribution >= 0.6 is 11.3 Å². The molecule has 1 aromatic heterocycles. The molecule has 1 aliphatic carbocycles. The molecule has 1 amide bonds. The smallest absolute Gasteiger partial charge is 0.241 e. The predicted molar refractivity (Wildman–Crippen MR) is 87.2 cm³/mol. The fraction of sp³-hybridized carbons (Fsp3) is 0.706. The molecule has 2 fully saturated rings. The van der Waals surface area contributed by atoms with Crippen LogP contribution in [0.25, 0.3) is 0 Å². The predicted octanol–water partition coefficient (Wildman–Crippen LogP) is 3.70. The molecule has 0 aromatic carbocycles. The number of nitrogens with zero attached hydrogens (tertiary/aromatic N) is 1. The number of hydrogen-bond acceptors (Lipinski definition) is 3. The van der Waals surface area contributed by atoms with Gasteiger partial charge in [-0.2, -0.15) is 0 Å². The van der Waals surface area contributed by atoms with Crippen LogP contribution in [0, 0.1) is 18.8 Å². The highest BCUT2D eigenvalue weighted by Gasteiger charge is 2.51. The molecule has 116 valence electrons. The lowest BCUT2D eigenvalue weighted by Gasteiger charge is -2.23. The molecule has 2 aliphatic rings. The minimum absolute atomic E-state index is 0.00416. The zero-order chi connectivity index (χ0) is 15.1. The first-order chi connectivity index (χ1) is 10.0. The summed E-state index contributed by atoms with van der Waals surface area (Å²) in [5.41, 5.74) is 0. The van der Waals surface area contributed by atoms with Crippen LogP contribution in [0.1, 0.15) is 56.0 Å². The lowest BCUT2D eigenvalue weighted by atomic mass is 10.0. The lowest BCUT2D eigenvalue weighted by molar-refractivity contribution is -0.131. The van der Waals surface area contributed by atoms with Crippen molar-refractivity contribution in [2.24, 2.45) is 11.8 Å². The summed E-state index contributed by atoms with van der Waals surface area (Å²) in [6.07, 6.45) is 3.39. The van der Waals surface area contributed by atoms with E-state index in [0.29, 0.717) is 23.8 Å². The highest BCUT2D eigenvalue weighted by molar-refractivity contribution is 7.12. The second-order valence-corrected chi connectivity index (χ2v) is 8.24. The van der Waals surface area contributed by atoms with Crippen molar-refractivity contribution in [3.05, 3.63) is 21.9 Å². The van der Waals surface area contributed by atoms with Gasteiger partial charge in [0.2, 0.25) is 5.91 Å². The number of nitrogens with one attached hydrogen (secondary N) is 1. The molecule has 1 aliphatic heterocycles. The van der Waals surface area contributed by atoms with Gasteiger partial charge in [-0.1, -0.05) is 27.2 Å². The molecule has 3 rings (SSSR count). The van der Waals surface area contributed by atoms with Crippen LogP contribution in [0.2, 0.25) is 0 Å². The van der Waals surface area contributed by atoms with Gasteiger partial charge in [-0.15, -0.1) is 11.3 Å². The van der Waals surface area contributed by atoms with Crippen molar-refractivity contribution in [1.82, 2.24) is 10.2 Å². The van der Waals surface area contributed by atoms with E-state index in [-0.39, 0.29) is 12.2 Å². The van der Waals surface area contributed by atoms with Crippen molar-refractivity contribution in [2.75, 3.05) is 0 Å². The molecule has 0 bridgehead atoms. The van der Waals surface area contributed by atoms with E-state index in [4.69, 9.17) is 0 Å². The van der Waals surface area contributed by atoms with Gasteiger partial charge in [0, 0.05) is 15.8 Å². The highest BCUT2D eigenvalue weighted by Crippen LogP contribution is 2.45. The Kier molecular flexibility index (Phi) is 4.10. The first-order valence-corrected chi connectivity index (χ1v) is 8.97. The zero-order valence-electron chi connectivity index (χ0n) is 13.4. The van der Waals surface area contributed by atoms with Crippen LogP contribution in [-0.4, -0.2) is 22.9 Å². The van der Waals surface area contributed by atoms with E-state index in [9.17, 15) is 4.79 Å². The molecular formula is C17H26N2OS. The van der Waals surface area contributed by atoms with Gasteiger partial charge < -0.3 is 4.90 Å². The van der Waals surface area contributed by atoms with Crippen LogP contribution in [-0.2, 0) is 4.79 Å². The molecule has 4 atom stereocenters. The van der Waals surface area contributed by atoms with E-state index in [1.807, 2.05) is 11.3 Å². The van der Waals surface area contributed by atoms with Crippen LogP contribution in [0.3, 0.4) is 0 Å². The van der Waals surface area contributed by atoms with Gasteiger partial charge in [0.1, 0.15) is 6.17 Å². The minimum Gasteiger partial charge on any atom is -0.317 e. The summed E-state index contributed by atoms with van der Waals surface area (Å²) in [5, 5.41) is 3.60. The lowest BCUT2D eigenvalue weighted by Crippen LogP contribution is -2.34. The Morgan fingerprint density at radius 3 is 2.71 bits per heavy atom. The highest BCUT2D eigenvalue weighted by atomic mass is 32.1. The molecule has 1 aromatic rings. The van der Waals surface area contributed by atoms with Crippen molar-refractivity contribution >= 4 is 17.2 Å². The van der Waals surface area contributed by atoms with E-state index in [2.05, 4.69) is 50.0 Å². The maximum absolute atomic E-state index is 12.8. The molecule has 2 heterocycles. The quantitative estimate of drug-likeness (QED) is 0.899. The number of rotatable bonds is 5. The molecule has 3 nitrogen and oxygen atoms in total. The standard InChI is InChI=1S/C17H26N2OS/c1-5-12-9-14(12)19-16(15-7-6-11(4)21-15)18-13(17(19)20)8-10(2)3/h6-7,10,12-14,16,18H,5,8-9H2,1-4H3. The topological polar surface area (TPSA) is 32.3 Å². The first kappa shape index (κ1) is 15.0. The number of carbonyl (C=O) groups is 1. The van der Waals surface area contributed by atoms with Crippen LogP contribution in [0.5, 0.6) is 0 Å². The third-order valence-electron chi connectivity index (χ3n) is 4.69. The zero-order valence-corrected chi connectivity index (χ0v) is 14.2. The maximum atomic E-state index is 12.8. The van der Waals surface area contributed by atoms with Gasteiger partial charge in [0.25, 0.3) is 0 Å². The van der Waals surface area contributed by atoms with E-state index in [1.54, 1.807) is 0 Å². The number of hydrogen-bond donors (Lipinski definition) is 1. The normalized spacial score (nSPS) is 32.2. The maximum Gasteiger partial charge on any atom is 0.241 e. The molecular weight excluding hydrogens is 280 g/mol. The largest absolute Gasteiger partial charge is 0.317 e. The van der Waals surface area contributed by atoms with Gasteiger partial charge in [0.05, 0.1) is 6.04 Å². The average Bonchev–Trinajstić information content (AvgIpc) is 2.97. The monoisotopic (exact) mass is 306 g/mol. The summed E-state index contributed by atoms with van der Waals surface area (Å²) >= 11 is 1.81. The van der Waals surface area contributed by atoms with E-state index in [1.165, 1.54) is 22.6 Å². The molecule has 1 saturated carbocycles. The van der Waals surface area contributed by atoms with Gasteiger partial charge >= 0.3 is 0 Å². The first-order valence-electron chi connectivity index (χ1n) is 8.15. The molecule has 1 saturated heterocycles. The van der Waals surface area contributed by atoms with Gasteiger partial charge in [-0.25, -0.2) is 0 Å². The van der Waals surface area contributed by atoms with Crippen molar-refractivity contribution in [2.45, 2.75) is 65.2 Å². The van der Waals surface area contributed by atoms with Crippen molar-refractivity contribution in [3.63, 3.8) is 0 Å². The van der Waals surface area contributed by atoms with Gasteiger partial charge in [0.15, 0.2) is 0 Å². The van der Waals surface area contributed by atoms with Crippen molar-refractivity contribution in [3.8, 4) is 0 Å². The van der Waals surface area contributed by atoms with Crippen LogP contribution in [0.4, 0.5) is 0 Å².